The molecule has 86 valence electrons. The minimum atomic E-state index is -0.202. The Morgan fingerprint density at radius 2 is 1.94 bits per heavy atom. The van der Waals surface area contributed by atoms with Crippen LogP contribution in [0.3, 0.4) is 0 Å². The molecular weight excluding hydrogens is 200 g/mol. The molecule has 0 aromatic heterocycles. The molecule has 1 atom stereocenters. The number of hydrogen-bond donors (Lipinski definition) is 0. The summed E-state index contributed by atoms with van der Waals surface area (Å²) in [6.45, 7) is 6.18. The highest BCUT2D eigenvalue weighted by atomic mass is 16.5. The zero-order valence-corrected chi connectivity index (χ0v) is 10.1. The second-order valence-electron chi connectivity index (χ2n) is 4.04. The molecule has 0 fully saturated rings. The van der Waals surface area contributed by atoms with E-state index in [0.29, 0.717) is 6.61 Å². The lowest BCUT2D eigenvalue weighted by Crippen LogP contribution is -2.13. The molecule has 0 heterocycles. The average molecular weight is 218 g/mol. The van der Waals surface area contributed by atoms with Crippen molar-refractivity contribution in [3.63, 3.8) is 0 Å². The van der Waals surface area contributed by atoms with Crippen LogP contribution in [0.15, 0.2) is 42.0 Å². The van der Waals surface area contributed by atoms with Crippen LogP contribution in [0, 0.1) is 0 Å². The number of hydrogen-bond acceptors (Lipinski definition) is 2. The Labute approximate surface area is 96.9 Å². The van der Waals surface area contributed by atoms with Gasteiger partial charge in [0.25, 0.3) is 0 Å². The second-order valence-corrected chi connectivity index (χ2v) is 4.04. The maximum Gasteiger partial charge on any atom is 0.313 e. The first-order valence-corrected chi connectivity index (χ1v) is 5.46. The van der Waals surface area contributed by atoms with Gasteiger partial charge in [-0.3, -0.25) is 4.79 Å². The Morgan fingerprint density at radius 1 is 1.31 bits per heavy atom. The van der Waals surface area contributed by atoms with E-state index in [1.165, 1.54) is 0 Å². The van der Waals surface area contributed by atoms with Crippen molar-refractivity contribution in [3.05, 3.63) is 47.5 Å². The summed E-state index contributed by atoms with van der Waals surface area (Å²) in [7, 11) is 0. The lowest BCUT2D eigenvalue weighted by molar-refractivity contribution is -0.143. The van der Waals surface area contributed by atoms with E-state index >= 15 is 0 Å². The van der Waals surface area contributed by atoms with Crippen LogP contribution < -0.4 is 0 Å². The molecule has 1 unspecified atom stereocenters. The largest absolute Gasteiger partial charge is 0.461 e. The predicted octanol–water partition coefficient (Wildman–Crippen LogP) is 3.30. The van der Waals surface area contributed by atoms with E-state index in [-0.39, 0.29) is 11.9 Å². The summed E-state index contributed by atoms with van der Waals surface area (Å²) < 4.78 is 5.15. The van der Waals surface area contributed by atoms with Crippen molar-refractivity contribution < 1.29 is 9.53 Å². The van der Waals surface area contributed by atoms with E-state index in [9.17, 15) is 4.79 Å². The van der Waals surface area contributed by atoms with Gasteiger partial charge in [0, 0.05) is 0 Å². The summed E-state index contributed by atoms with van der Waals surface area (Å²) in [4.78, 5) is 11.7. The Hall–Kier alpha value is -1.57. The quantitative estimate of drug-likeness (QED) is 0.572. The highest BCUT2D eigenvalue weighted by Crippen LogP contribution is 2.15. The fourth-order valence-corrected chi connectivity index (χ4v) is 1.29. The van der Waals surface area contributed by atoms with Crippen molar-refractivity contribution in [1.82, 2.24) is 0 Å². The van der Waals surface area contributed by atoms with Crippen LogP contribution in [0.5, 0.6) is 0 Å². The maximum absolute atomic E-state index is 11.7. The van der Waals surface area contributed by atoms with Crippen molar-refractivity contribution >= 4 is 5.97 Å². The van der Waals surface area contributed by atoms with Crippen LogP contribution in [0.2, 0.25) is 0 Å². The normalized spacial score (nSPS) is 11.7. The van der Waals surface area contributed by atoms with Gasteiger partial charge in [0.15, 0.2) is 0 Å². The molecule has 0 spiro atoms. The summed E-state index contributed by atoms with van der Waals surface area (Å²) in [6.07, 6.45) is 1.90. The first-order valence-electron chi connectivity index (χ1n) is 5.46. The second kappa shape index (κ2) is 6.11. The molecule has 0 aliphatic carbocycles. The summed E-state index contributed by atoms with van der Waals surface area (Å²) in [5.74, 6) is -0.379. The number of carbonyl (C=O) groups is 1. The smallest absolute Gasteiger partial charge is 0.313 e. The van der Waals surface area contributed by atoms with Gasteiger partial charge in [-0.1, -0.05) is 35.9 Å². The van der Waals surface area contributed by atoms with Crippen LogP contribution in [-0.2, 0) is 9.53 Å². The number of allylic oxidation sites excluding steroid dienone is 1. The molecule has 0 radical (unpaired) electrons. The third kappa shape index (κ3) is 3.89. The Balaban J connectivity index is 2.52. The van der Waals surface area contributed by atoms with E-state index in [1.54, 1.807) is 0 Å². The molecule has 0 bridgehead atoms. The first-order chi connectivity index (χ1) is 7.61. The van der Waals surface area contributed by atoms with E-state index in [0.717, 1.165) is 11.1 Å². The summed E-state index contributed by atoms with van der Waals surface area (Å²) in [6, 6.07) is 9.66. The Bertz CT molecular complexity index is 362. The molecule has 0 aliphatic rings. The summed E-state index contributed by atoms with van der Waals surface area (Å²) in [5, 5.41) is 0. The average Bonchev–Trinajstić information content (AvgIpc) is 2.28. The highest BCUT2D eigenvalue weighted by molar-refractivity contribution is 5.77. The number of esters is 1. The van der Waals surface area contributed by atoms with Crippen molar-refractivity contribution in [2.24, 2.45) is 0 Å². The van der Waals surface area contributed by atoms with Crippen molar-refractivity contribution in [2.45, 2.75) is 26.7 Å². The SMILES string of the molecule is CC(C)=CCOC(=O)C(C)c1ccccc1. The zero-order valence-electron chi connectivity index (χ0n) is 10.1. The van der Waals surface area contributed by atoms with Gasteiger partial charge in [0.1, 0.15) is 6.61 Å². The molecule has 0 saturated carbocycles. The third-order valence-electron chi connectivity index (χ3n) is 2.37. The van der Waals surface area contributed by atoms with E-state index in [1.807, 2.05) is 57.2 Å². The molecule has 2 heteroatoms. The predicted molar refractivity (Wildman–Crippen MR) is 65.2 cm³/mol. The van der Waals surface area contributed by atoms with E-state index in [2.05, 4.69) is 0 Å². The number of rotatable bonds is 4. The van der Waals surface area contributed by atoms with Gasteiger partial charge in [-0.25, -0.2) is 0 Å². The molecule has 16 heavy (non-hydrogen) atoms. The van der Waals surface area contributed by atoms with Gasteiger partial charge in [0.2, 0.25) is 0 Å². The number of benzene rings is 1. The maximum atomic E-state index is 11.7. The molecular formula is C14H18O2. The fourth-order valence-electron chi connectivity index (χ4n) is 1.29. The fraction of sp³-hybridized carbons (Fsp3) is 0.357. The summed E-state index contributed by atoms with van der Waals surface area (Å²) in [5.41, 5.74) is 2.14. The van der Waals surface area contributed by atoms with Crippen molar-refractivity contribution in [3.8, 4) is 0 Å². The van der Waals surface area contributed by atoms with E-state index in [4.69, 9.17) is 4.74 Å². The molecule has 0 saturated heterocycles. The first kappa shape index (κ1) is 12.5. The molecule has 1 aromatic carbocycles. The topological polar surface area (TPSA) is 26.3 Å². The summed E-state index contributed by atoms with van der Waals surface area (Å²) >= 11 is 0. The van der Waals surface area contributed by atoms with Crippen LogP contribution in [-0.4, -0.2) is 12.6 Å². The van der Waals surface area contributed by atoms with Crippen LogP contribution in [0.1, 0.15) is 32.3 Å². The Morgan fingerprint density at radius 3 is 2.50 bits per heavy atom. The van der Waals surface area contributed by atoms with Gasteiger partial charge in [-0.2, -0.15) is 0 Å². The molecule has 0 amide bonds. The molecule has 0 N–H and O–H groups in total. The van der Waals surface area contributed by atoms with Gasteiger partial charge >= 0.3 is 5.97 Å². The number of ether oxygens (including phenoxy) is 1. The van der Waals surface area contributed by atoms with Crippen molar-refractivity contribution in [2.75, 3.05) is 6.61 Å². The standard InChI is InChI=1S/C14H18O2/c1-11(2)9-10-16-14(15)12(3)13-7-5-4-6-8-13/h4-9,12H,10H2,1-3H3. The lowest BCUT2D eigenvalue weighted by atomic mass is 10.0. The molecule has 0 aliphatic heterocycles. The monoisotopic (exact) mass is 218 g/mol. The van der Waals surface area contributed by atoms with E-state index < -0.39 is 0 Å². The lowest BCUT2D eigenvalue weighted by Gasteiger charge is -2.10. The third-order valence-corrected chi connectivity index (χ3v) is 2.37. The van der Waals surface area contributed by atoms with Gasteiger partial charge in [-0.05, 0) is 32.4 Å². The minimum absolute atomic E-state index is 0.177. The molecule has 1 aromatic rings. The van der Waals surface area contributed by atoms with Crippen LogP contribution in [0.25, 0.3) is 0 Å². The van der Waals surface area contributed by atoms with Gasteiger partial charge in [0.05, 0.1) is 5.92 Å². The minimum Gasteiger partial charge on any atom is -0.461 e. The van der Waals surface area contributed by atoms with Crippen LogP contribution in [0.4, 0.5) is 0 Å². The highest BCUT2D eigenvalue weighted by Gasteiger charge is 2.15. The molecule has 2 nitrogen and oxygen atoms in total. The van der Waals surface area contributed by atoms with Gasteiger partial charge < -0.3 is 4.74 Å². The Kier molecular flexibility index (Phi) is 4.77. The van der Waals surface area contributed by atoms with Crippen LogP contribution >= 0.6 is 0 Å². The zero-order chi connectivity index (χ0) is 12.0. The van der Waals surface area contributed by atoms with Gasteiger partial charge in [-0.15, -0.1) is 0 Å². The number of carbonyl (C=O) groups excluding carboxylic acids is 1. The molecule has 1 rings (SSSR count). The van der Waals surface area contributed by atoms with Crippen molar-refractivity contribution in [1.29, 1.82) is 0 Å².